The molecule has 0 unspecified atom stereocenters. The van der Waals surface area contributed by atoms with Gasteiger partial charge in [-0.1, -0.05) is 13.8 Å². The lowest BCUT2D eigenvalue weighted by Gasteiger charge is -1.99. The standard InChI is InChI=1S/C7H11NS/c1-5(2)7-4-9-8-6(7)3/h4-5H,1-3H3. The van der Waals surface area contributed by atoms with Gasteiger partial charge in [0, 0.05) is 5.38 Å². The monoisotopic (exact) mass is 141 g/mol. The summed E-state index contributed by atoms with van der Waals surface area (Å²) in [4.78, 5) is 0. The van der Waals surface area contributed by atoms with Crippen molar-refractivity contribution in [2.45, 2.75) is 26.7 Å². The van der Waals surface area contributed by atoms with Crippen molar-refractivity contribution in [1.82, 2.24) is 4.37 Å². The van der Waals surface area contributed by atoms with E-state index < -0.39 is 0 Å². The molecule has 0 aromatic carbocycles. The molecule has 0 aliphatic heterocycles. The van der Waals surface area contributed by atoms with Crippen LogP contribution in [0.5, 0.6) is 0 Å². The Balaban J connectivity index is 2.94. The van der Waals surface area contributed by atoms with Crippen LogP contribution in [-0.4, -0.2) is 4.37 Å². The maximum absolute atomic E-state index is 4.18. The molecule has 0 atom stereocenters. The Morgan fingerprint density at radius 2 is 2.22 bits per heavy atom. The van der Waals surface area contributed by atoms with Crippen LogP contribution in [-0.2, 0) is 0 Å². The summed E-state index contributed by atoms with van der Waals surface area (Å²) in [5.41, 5.74) is 2.58. The van der Waals surface area contributed by atoms with Crippen LogP contribution in [0.25, 0.3) is 0 Å². The van der Waals surface area contributed by atoms with Crippen LogP contribution in [0.3, 0.4) is 0 Å². The second kappa shape index (κ2) is 2.48. The van der Waals surface area contributed by atoms with E-state index in [0.29, 0.717) is 5.92 Å². The van der Waals surface area contributed by atoms with Gasteiger partial charge in [0.2, 0.25) is 0 Å². The summed E-state index contributed by atoms with van der Waals surface area (Å²) in [6.45, 7) is 6.44. The molecule has 1 heterocycles. The predicted molar refractivity (Wildman–Crippen MR) is 40.9 cm³/mol. The molecular weight excluding hydrogens is 130 g/mol. The number of aryl methyl sites for hydroxylation is 1. The lowest BCUT2D eigenvalue weighted by atomic mass is 10.1. The van der Waals surface area contributed by atoms with E-state index in [1.54, 1.807) is 11.5 Å². The van der Waals surface area contributed by atoms with E-state index >= 15 is 0 Å². The highest BCUT2D eigenvalue weighted by molar-refractivity contribution is 7.03. The van der Waals surface area contributed by atoms with E-state index in [1.165, 1.54) is 11.3 Å². The lowest BCUT2D eigenvalue weighted by Crippen LogP contribution is -1.86. The minimum atomic E-state index is 0.628. The van der Waals surface area contributed by atoms with Crippen LogP contribution >= 0.6 is 11.5 Å². The third-order valence-corrected chi connectivity index (χ3v) is 2.15. The Hall–Kier alpha value is -0.370. The first-order valence-corrected chi connectivity index (χ1v) is 3.96. The second-order valence-electron chi connectivity index (χ2n) is 2.51. The van der Waals surface area contributed by atoms with Crippen LogP contribution in [0.4, 0.5) is 0 Å². The Kier molecular flexibility index (Phi) is 1.86. The maximum atomic E-state index is 4.18. The summed E-state index contributed by atoms with van der Waals surface area (Å²) >= 11 is 1.54. The van der Waals surface area contributed by atoms with Gasteiger partial charge in [0.05, 0.1) is 5.69 Å². The van der Waals surface area contributed by atoms with Crippen molar-refractivity contribution < 1.29 is 0 Å². The zero-order valence-electron chi connectivity index (χ0n) is 6.01. The highest BCUT2D eigenvalue weighted by atomic mass is 32.1. The average Bonchev–Trinajstić information content (AvgIpc) is 2.13. The maximum Gasteiger partial charge on any atom is 0.0545 e. The minimum Gasteiger partial charge on any atom is -0.198 e. The number of rotatable bonds is 1. The molecule has 9 heavy (non-hydrogen) atoms. The summed E-state index contributed by atoms with van der Waals surface area (Å²) in [6.07, 6.45) is 0. The van der Waals surface area contributed by atoms with Gasteiger partial charge in [-0.2, -0.15) is 4.37 Å². The van der Waals surface area contributed by atoms with Crippen molar-refractivity contribution in [3.63, 3.8) is 0 Å². The van der Waals surface area contributed by atoms with Gasteiger partial charge < -0.3 is 0 Å². The molecule has 50 valence electrons. The Labute approximate surface area is 59.9 Å². The summed E-state index contributed by atoms with van der Waals surface area (Å²) in [6, 6.07) is 0. The molecule has 1 nitrogen and oxygen atoms in total. The minimum absolute atomic E-state index is 0.628. The average molecular weight is 141 g/mol. The Morgan fingerprint density at radius 1 is 1.56 bits per heavy atom. The number of nitrogens with zero attached hydrogens (tertiary/aromatic N) is 1. The van der Waals surface area contributed by atoms with Crippen molar-refractivity contribution in [2.24, 2.45) is 0 Å². The third kappa shape index (κ3) is 1.30. The smallest absolute Gasteiger partial charge is 0.0545 e. The van der Waals surface area contributed by atoms with Gasteiger partial charge in [-0.3, -0.25) is 0 Å². The van der Waals surface area contributed by atoms with Crippen LogP contribution in [0, 0.1) is 6.92 Å². The molecule has 1 rings (SSSR count). The fourth-order valence-electron chi connectivity index (χ4n) is 0.854. The Bertz CT molecular complexity index is 191. The highest BCUT2D eigenvalue weighted by Crippen LogP contribution is 2.18. The Morgan fingerprint density at radius 3 is 2.44 bits per heavy atom. The van der Waals surface area contributed by atoms with E-state index in [4.69, 9.17) is 0 Å². The topological polar surface area (TPSA) is 12.9 Å². The zero-order chi connectivity index (χ0) is 6.85. The van der Waals surface area contributed by atoms with Gasteiger partial charge in [-0.25, -0.2) is 0 Å². The molecule has 0 radical (unpaired) electrons. The molecule has 0 saturated heterocycles. The van der Waals surface area contributed by atoms with Crippen LogP contribution in [0.1, 0.15) is 31.0 Å². The SMILES string of the molecule is Cc1nscc1C(C)C. The lowest BCUT2D eigenvalue weighted by molar-refractivity contribution is 0.857. The van der Waals surface area contributed by atoms with Crippen molar-refractivity contribution in [3.8, 4) is 0 Å². The van der Waals surface area contributed by atoms with E-state index in [9.17, 15) is 0 Å². The number of aromatic nitrogens is 1. The van der Waals surface area contributed by atoms with Crippen LogP contribution in [0.15, 0.2) is 5.38 Å². The molecule has 0 amide bonds. The van der Waals surface area contributed by atoms with Crippen molar-refractivity contribution in [3.05, 3.63) is 16.6 Å². The second-order valence-corrected chi connectivity index (χ2v) is 3.14. The first-order chi connectivity index (χ1) is 4.22. The van der Waals surface area contributed by atoms with Gasteiger partial charge in [-0.15, -0.1) is 0 Å². The first kappa shape index (κ1) is 6.75. The summed E-state index contributed by atoms with van der Waals surface area (Å²) < 4.78 is 4.18. The molecule has 0 spiro atoms. The fraction of sp³-hybridized carbons (Fsp3) is 0.571. The molecular formula is C7H11NS. The fourth-order valence-corrected chi connectivity index (χ4v) is 1.73. The largest absolute Gasteiger partial charge is 0.198 e. The molecule has 0 saturated carbocycles. The van der Waals surface area contributed by atoms with Gasteiger partial charge in [0.15, 0.2) is 0 Å². The summed E-state index contributed by atoms with van der Waals surface area (Å²) in [5, 5.41) is 2.12. The van der Waals surface area contributed by atoms with Gasteiger partial charge >= 0.3 is 0 Å². The van der Waals surface area contributed by atoms with Gasteiger partial charge in [0.25, 0.3) is 0 Å². The van der Waals surface area contributed by atoms with E-state index in [1.807, 2.05) is 0 Å². The molecule has 2 heteroatoms. The summed E-state index contributed by atoms with van der Waals surface area (Å²) in [5.74, 6) is 0.628. The quantitative estimate of drug-likeness (QED) is 0.585. The molecule has 0 fully saturated rings. The van der Waals surface area contributed by atoms with Crippen molar-refractivity contribution in [2.75, 3.05) is 0 Å². The molecule has 1 aromatic rings. The van der Waals surface area contributed by atoms with Crippen LogP contribution < -0.4 is 0 Å². The summed E-state index contributed by atoms with van der Waals surface area (Å²) in [7, 11) is 0. The van der Waals surface area contributed by atoms with E-state index in [-0.39, 0.29) is 0 Å². The first-order valence-electron chi connectivity index (χ1n) is 3.12. The number of hydrogen-bond donors (Lipinski definition) is 0. The van der Waals surface area contributed by atoms with Gasteiger partial charge in [-0.05, 0) is 29.9 Å². The molecule has 0 aliphatic carbocycles. The normalized spacial score (nSPS) is 10.7. The van der Waals surface area contributed by atoms with Crippen molar-refractivity contribution in [1.29, 1.82) is 0 Å². The molecule has 1 aromatic heterocycles. The van der Waals surface area contributed by atoms with Crippen LogP contribution in [0.2, 0.25) is 0 Å². The molecule has 0 N–H and O–H groups in total. The van der Waals surface area contributed by atoms with E-state index in [2.05, 4.69) is 30.5 Å². The third-order valence-electron chi connectivity index (χ3n) is 1.41. The molecule has 0 aliphatic rings. The highest BCUT2D eigenvalue weighted by Gasteiger charge is 2.03. The van der Waals surface area contributed by atoms with Gasteiger partial charge in [0.1, 0.15) is 0 Å². The molecule has 0 bridgehead atoms. The van der Waals surface area contributed by atoms with Crippen molar-refractivity contribution >= 4 is 11.5 Å². The number of hydrogen-bond acceptors (Lipinski definition) is 2. The zero-order valence-corrected chi connectivity index (χ0v) is 6.83. The van der Waals surface area contributed by atoms with E-state index in [0.717, 1.165) is 0 Å². The predicted octanol–water partition coefficient (Wildman–Crippen LogP) is 2.57.